The van der Waals surface area contributed by atoms with E-state index in [0.29, 0.717) is 11.5 Å². The zero-order valence-electron chi connectivity index (χ0n) is 17.8. The lowest BCUT2D eigenvalue weighted by Gasteiger charge is -2.09. The van der Waals surface area contributed by atoms with Gasteiger partial charge in [0.2, 0.25) is 0 Å². The molecule has 0 unspecified atom stereocenters. The monoisotopic (exact) mass is 455 g/mol. The fourth-order valence-electron chi connectivity index (χ4n) is 2.90. The van der Waals surface area contributed by atoms with Crippen LogP contribution in [0.15, 0.2) is 28.8 Å². The first kappa shape index (κ1) is 22.8. The van der Waals surface area contributed by atoms with E-state index in [1.165, 1.54) is 0 Å². The molecule has 0 amide bonds. The fraction of sp³-hybridized carbons (Fsp3) is 0.273. The molecule has 166 valence electrons. The standard InChI is InChI=1S/C22H21N3O6S/c1-4-28-22(27)19-18(16(9-23)20(24)32-19)11-30-21(26)14-6-5-7-15(8-14)29-10-17-12(2)25-31-13(17)3/h5-8H,4,10-11,24H2,1-3H3. The van der Waals surface area contributed by atoms with Gasteiger partial charge in [0.1, 0.15) is 40.7 Å². The molecule has 0 aliphatic heterocycles. The van der Waals surface area contributed by atoms with E-state index in [1.54, 1.807) is 38.1 Å². The highest BCUT2D eigenvalue weighted by molar-refractivity contribution is 7.18. The molecule has 3 rings (SSSR count). The number of hydrogen-bond donors (Lipinski definition) is 1. The Kier molecular flexibility index (Phi) is 7.12. The number of carbonyl (C=O) groups excluding carboxylic acids is 2. The molecule has 0 saturated carbocycles. The van der Waals surface area contributed by atoms with E-state index in [0.717, 1.165) is 22.6 Å². The van der Waals surface area contributed by atoms with Crippen molar-refractivity contribution >= 4 is 28.3 Å². The van der Waals surface area contributed by atoms with E-state index in [1.807, 2.05) is 13.0 Å². The molecule has 32 heavy (non-hydrogen) atoms. The van der Waals surface area contributed by atoms with Crippen molar-refractivity contribution in [2.75, 3.05) is 12.3 Å². The van der Waals surface area contributed by atoms with Gasteiger partial charge in [0.15, 0.2) is 0 Å². The molecule has 0 saturated heterocycles. The molecule has 10 heteroatoms. The number of ether oxygens (including phenoxy) is 3. The molecule has 2 N–H and O–H groups in total. The molecule has 9 nitrogen and oxygen atoms in total. The summed E-state index contributed by atoms with van der Waals surface area (Å²) in [6.45, 7) is 5.39. The number of benzene rings is 1. The van der Waals surface area contributed by atoms with Gasteiger partial charge < -0.3 is 24.5 Å². The molecule has 2 aromatic heterocycles. The summed E-state index contributed by atoms with van der Waals surface area (Å²) in [5.41, 5.74) is 7.99. The fourth-order valence-corrected chi connectivity index (χ4v) is 3.82. The Hall–Kier alpha value is -3.84. The first-order valence-corrected chi connectivity index (χ1v) is 10.5. The van der Waals surface area contributed by atoms with Crippen molar-refractivity contribution in [2.45, 2.75) is 34.0 Å². The molecular formula is C22H21N3O6S. The van der Waals surface area contributed by atoms with Gasteiger partial charge in [-0.05, 0) is 39.0 Å². The van der Waals surface area contributed by atoms with Gasteiger partial charge in [0, 0.05) is 5.56 Å². The van der Waals surface area contributed by atoms with Crippen LogP contribution in [0, 0.1) is 25.2 Å². The summed E-state index contributed by atoms with van der Waals surface area (Å²) in [7, 11) is 0. The van der Waals surface area contributed by atoms with E-state index in [2.05, 4.69) is 5.16 Å². The lowest BCUT2D eigenvalue weighted by molar-refractivity contribution is 0.0452. The van der Waals surface area contributed by atoms with E-state index >= 15 is 0 Å². The molecule has 0 aliphatic carbocycles. The van der Waals surface area contributed by atoms with Crippen LogP contribution in [0.1, 0.15) is 55.1 Å². The number of nitrogens with two attached hydrogens (primary N) is 1. The van der Waals surface area contributed by atoms with E-state index in [-0.39, 0.29) is 46.4 Å². The second-order valence-corrected chi connectivity index (χ2v) is 7.73. The second kappa shape index (κ2) is 9.98. The number of thiophene rings is 1. The molecule has 0 atom stereocenters. The van der Waals surface area contributed by atoms with E-state index < -0.39 is 11.9 Å². The average Bonchev–Trinajstić information content (AvgIpc) is 3.28. The Morgan fingerprint density at radius 3 is 2.62 bits per heavy atom. The Morgan fingerprint density at radius 2 is 1.97 bits per heavy atom. The summed E-state index contributed by atoms with van der Waals surface area (Å²) in [6, 6.07) is 8.43. The van der Waals surface area contributed by atoms with Crippen LogP contribution in [0.2, 0.25) is 0 Å². The summed E-state index contributed by atoms with van der Waals surface area (Å²) in [5.74, 6) is -0.134. The predicted molar refractivity (Wildman–Crippen MR) is 115 cm³/mol. The third-order valence-corrected chi connectivity index (χ3v) is 5.63. The number of hydrogen-bond acceptors (Lipinski definition) is 10. The molecule has 0 spiro atoms. The van der Waals surface area contributed by atoms with Crippen molar-refractivity contribution < 1.29 is 28.3 Å². The van der Waals surface area contributed by atoms with Crippen LogP contribution in [0.4, 0.5) is 5.00 Å². The van der Waals surface area contributed by atoms with Crippen LogP contribution in [0.5, 0.6) is 5.75 Å². The molecule has 1 aromatic carbocycles. The topological polar surface area (TPSA) is 138 Å². The second-order valence-electron chi connectivity index (χ2n) is 6.68. The lowest BCUT2D eigenvalue weighted by Crippen LogP contribution is -2.10. The van der Waals surface area contributed by atoms with Gasteiger partial charge in [-0.3, -0.25) is 0 Å². The van der Waals surface area contributed by atoms with Crippen molar-refractivity contribution in [3.63, 3.8) is 0 Å². The van der Waals surface area contributed by atoms with Crippen LogP contribution in [-0.2, 0) is 22.7 Å². The Bertz CT molecular complexity index is 1170. The Labute approximate surface area is 188 Å². The third kappa shape index (κ3) is 4.90. The van der Waals surface area contributed by atoms with Gasteiger partial charge in [-0.2, -0.15) is 5.26 Å². The summed E-state index contributed by atoms with van der Waals surface area (Å²) in [6.07, 6.45) is 0. The number of carbonyl (C=O) groups is 2. The molecular weight excluding hydrogens is 434 g/mol. The largest absolute Gasteiger partial charge is 0.489 e. The Morgan fingerprint density at radius 1 is 1.19 bits per heavy atom. The number of aryl methyl sites for hydroxylation is 2. The third-order valence-electron chi connectivity index (χ3n) is 4.59. The van der Waals surface area contributed by atoms with Crippen LogP contribution in [0.3, 0.4) is 0 Å². The maximum Gasteiger partial charge on any atom is 0.348 e. The molecule has 0 aliphatic rings. The van der Waals surface area contributed by atoms with Gasteiger partial charge in [-0.15, -0.1) is 11.3 Å². The van der Waals surface area contributed by atoms with Gasteiger partial charge in [-0.1, -0.05) is 11.2 Å². The minimum Gasteiger partial charge on any atom is -0.489 e. The minimum atomic E-state index is -0.642. The number of anilines is 1. The van der Waals surface area contributed by atoms with E-state index in [4.69, 9.17) is 24.5 Å². The minimum absolute atomic E-state index is 0.0994. The molecule has 2 heterocycles. The van der Waals surface area contributed by atoms with Crippen molar-refractivity contribution in [1.82, 2.24) is 5.16 Å². The van der Waals surface area contributed by atoms with Crippen molar-refractivity contribution in [3.05, 3.63) is 62.9 Å². The average molecular weight is 455 g/mol. The van der Waals surface area contributed by atoms with Gasteiger partial charge in [0.25, 0.3) is 0 Å². The smallest absolute Gasteiger partial charge is 0.348 e. The highest BCUT2D eigenvalue weighted by atomic mass is 32.1. The zero-order valence-corrected chi connectivity index (χ0v) is 18.6. The number of nitriles is 1. The molecule has 3 aromatic rings. The van der Waals surface area contributed by atoms with Crippen molar-refractivity contribution in [3.8, 4) is 11.8 Å². The number of rotatable bonds is 8. The summed E-state index contributed by atoms with van der Waals surface area (Å²) in [5, 5.41) is 13.4. The summed E-state index contributed by atoms with van der Waals surface area (Å²) in [4.78, 5) is 24.9. The summed E-state index contributed by atoms with van der Waals surface area (Å²) < 4.78 is 21.2. The zero-order chi connectivity index (χ0) is 23.3. The normalized spacial score (nSPS) is 10.4. The van der Waals surface area contributed by atoms with Crippen molar-refractivity contribution in [1.29, 1.82) is 5.26 Å². The maximum absolute atomic E-state index is 12.6. The van der Waals surface area contributed by atoms with Crippen LogP contribution in [-0.4, -0.2) is 23.7 Å². The summed E-state index contributed by atoms with van der Waals surface area (Å²) >= 11 is 0.928. The van der Waals surface area contributed by atoms with E-state index in [9.17, 15) is 14.9 Å². The van der Waals surface area contributed by atoms with Crippen LogP contribution in [0.25, 0.3) is 0 Å². The number of aromatic nitrogens is 1. The number of esters is 2. The highest BCUT2D eigenvalue weighted by Crippen LogP contribution is 2.32. The highest BCUT2D eigenvalue weighted by Gasteiger charge is 2.24. The van der Waals surface area contributed by atoms with Crippen LogP contribution >= 0.6 is 11.3 Å². The Balaban J connectivity index is 1.71. The molecule has 0 bridgehead atoms. The molecule has 0 radical (unpaired) electrons. The quantitative estimate of drug-likeness (QED) is 0.501. The first-order valence-electron chi connectivity index (χ1n) is 9.65. The first-order chi connectivity index (χ1) is 15.3. The number of nitrogen functional groups attached to an aromatic ring is 1. The lowest BCUT2D eigenvalue weighted by atomic mass is 10.1. The van der Waals surface area contributed by atoms with Gasteiger partial charge >= 0.3 is 11.9 Å². The molecule has 0 fully saturated rings. The van der Waals surface area contributed by atoms with Crippen LogP contribution < -0.4 is 10.5 Å². The van der Waals surface area contributed by atoms with Crippen molar-refractivity contribution in [2.24, 2.45) is 0 Å². The predicted octanol–water partition coefficient (Wildman–Crippen LogP) is 3.92. The van der Waals surface area contributed by atoms with Gasteiger partial charge in [0.05, 0.1) is 29.0 Å². The van der Waals surface area contributed by atoms with Gasteiger partial charge in [-0.25, -0.2) is 9.59 Å². The number of nitrogens with zero attached hydrogens (tertiary/aromatic N) is 2. The SMILES string of the molecule is CCOC(=O)c1sc(N)c(C#N)c1COC(=O)c1cccc(OCc2c(C)noc2C)c1. The maximum atomic E-state index is 12.6.